The summed E-state index contributed by atoms with van der Waals surface area (Å²) in [6.45, 7) is 1.39. The first-order chi connectivity index (χ1) is 10.8. The van der Waals surface area contributed by atoms with Crippen molar-refractivity contribution in [1.29, 1.82) is 0 Å². The molecule has 3 heterocycles. The number of ether oxygens (including phenoxy) is 2. The fourth-order valence-electron chi connectivity index (χ4n) is 2.12. The largest absolute Gasteiger partial charge is 0.481 e. The number of imidazole rings is 1. The molecular formula is C15H17N5O2. The van der Waals surface area contributed by atoms with E-state index < -0.39 is 0 Å². The normalized spacial score (nSPS) is 10.8. The number of hydrogen-bond acceptors (Lipinski definition) is 6. The summed E-state index contributed by atoms with van der Waals surface area (Å²) >= 11 is 0. The SMILES string of the molecule is COCCn1cnc2cnc(Nc3ccc(OC)nc3)cc21. The maximum absolute atomic E-state index is 5.11. The van der Waals surface area contributed by atoms with E-state index in [-0.39, 0.29) is 0 Å². The number of fused-ring (bicyclic) bond motifs is 1. The molecule has 3 aromatic heterocycles. The molecule has 0 amide bonds. The number of nitrogens with one attached hydrogen (secondary N) is 1. The molecule has 0 aromatic carbocycles. The van der Waals surface area contributed by atoms with Gasteiger partial charge in [-0.3, -0.25) is 0 Å². The molecule has 1 N–H and O–H groups in total. The van der Waals surface area contributed by atoms with Crippen LogP contribution in [0.15, 0.2) is 36.9 Å². The van der Waals surface area contributed by atoms with Crippen LogP contribution in [0.4, 0.5) is 11.5 Å². The van der Waals surface area contributed by atoms with Gasteiger partial charge in [-0.2, -0.15) is 0 Å². The van der Waals surface area contributed by atoms with Crippen molar-refractivity contribution in [2.45, 2.75) is 6.54 Å². The predicted octanol–water partition coefficient (Wildman–Crippen LogP) is 2.22. The van der Waals surface area contributed by atoms with E-state index in [9.17, 15) is 0 Å². The van der Waals surface area contributed by atoms with Gasteiger partial charge in [-0.25, -0.2) is 15.0 Å². The molecule has 3 aromatic rings. The molecule has 0 saturated carbocycles. The van der Waals surface area contributed by atoms with Crippen molar-refractivity contribution in [2.24, 2.45) is 0 Å². The van der Waals surface area contributed by atoms with Crippen LogP contribution >= 0.6 is 0 Å². The summed E-state index contributed by atoms with van der Waals surface area (Å²) in [5, 5.41) is 3.22. The zero-order chi connectivity index (χ0) is 15.4. The highest BCUT2D eigenvalue weighted by molar-refractivity contribution is 5.78. The van der Waals surface area contributed by atoms with Crippen molar-refractivity contribution in [3.8, 4) is 5.88 Å². The van der Waals surface area contributed by atoms with E-state index in [2.05, 4.69) is 20.3 Å². The third kappa shape index (κ3) is 2.99. The summed E-state index contributed by atoms with van der Waals surface area (Å²) in [5.74, 6) is 1.31. The fraction of sp³-hybridized carbons (Fsp3) is 0.267. The lowest BCUT2D eigenvalue weighted by Crippen LogP contribution is -2.03. The molecule has 0 atom stereocenters. The van der Waals surface area contributed by atoms with Crippen molar-refractivity contribution in [1.82, 2.24) is 19.5 Å². The average molecular weight is 299 g/mol. The Kier molecular flexibility index (Phi) is 4.15. The lowest BCUT2D eigenvalue weighted by molar-refractivity contribution is 0.188. The quantitative estimate of drug-likeness (QED) is 0.752. The minimum Gasteiger partial charge on any atom is -0.481 e. The lowest BCUT2D eigenvalue weighted by Gasteiger charge is -2.07. The Hall–Kier alpha value is -2.67. The minimum absolute atomic E-state index is 0.576. The summed E-state index contributed by atoms with van der Waals surface area (Å²) in [7, 11) is 3.27. The van der Waals surface area contributed by atoms with Crippen LogP contribution in [-0.4, -0.2) is 40.3 Å². The molecule has 0 bridgehead atoms. The summed E-state index contributed by atoms with van der Waals surface area (Å²) in [6, 6.07) is 5.64. The Balaban J connectivity index is 1.83. The molecule has 0 saturated heterocycles. The fourth-order valence-corrected chi connectivity index (χ4v) is 2.12. The van der Waals surface area contributed by atoms with E-state index in [1.807, 2.05) is 16.7 Å². The van der Waals surface area contributed by atoms with Gasteiger partial charge >= 0.3 is 0 Å². The highest BCUT2D eigenvalue weighted by atomic mass is 16.5. The number of nitrogens with zero attached hydrogens (tertiary/aromatic N) is 4. The van der Waals surface area contributed by atoms with Crippen molar-refractivity contribution in [3.05, 3.63) is 36.9 Å². The van der Waals surface area contributed by atoms with Gasteiger partial charge in [-0.05, 0) is 6.07 Å². The first kappa shape index (κ1) is 14.3. The molecule has 7 heteroatoms. The van der Waals surface area contributed by atoms with E-state index >= 15 is 0 Å². The Morgan fingerprint density at radius 1 is 1.14 bits per heavy atom. The lowest BCUT2D eigenvalue weighted by atomic mass is 10.3. The summed E-state index contributed by atoms with van der Waals surface area (Å²) in [5.41, 5.74) is 2.71. The molecule has 0 aliphatic rings. The van der Waals surface area contributed by atoms with Gasteiger partial charge in [0.2, 0.25) is 5.88 Å². The number of aromatic nitrogens is 4. The molecule has 0 radical (unpaired) electrons. The van der Waals surface area contributed by atoms with Crippen molar-refractivity contribution >= 4 is 22.5 Å². The number of anilines is 2. The Morgan fingerprint density at radius 3 is 2.77 bits per heavy atom. The van der Waals surface area contributed by atoms with Crippen LogP contribution in [0.1, 0.15) is 0 Å². The standard InChI is InChI=1S/C15H17N5O2/c1-21-6-5-20-10-18-12-9-16-14(7-13(12)20)19-11-3-4-15(22-2)17-8-11/h3-4,7-10H,5-6H2,1-2H3,(H,16,19). The molecular weight excluding hydrogens is 282 g/mol. The van der Waals surface area contributed by atoms with Gasteiger partial charge in [-0.1, -0.05) is 0 Å². The Morgan fingerprint density at radius 2 is 2.05 bits per heavy atom. The number of pyridine rings is 2. The Bertz CT molecular complexity index is 754. The summed E-state index contributed by atoms with van der Waals surface area (Å²) < 4.78 is 12.2. The molecule has 0 aliphatic carbocycles. The monoisotopic (exact) mass is 299 g/mol. The molecule has 3 rings (SSSR count). The minimum atomic E-state index is 0.576. The van der Waals surface area contributed by atoms with Crippen LogP contribution in [0.2, 0.25) is 0 Å². The highest BCUT2D eigenvalue weighted by Gasteiger charge is 2.05. The second-order valence-corrected chi connectivity index (χ2v) is 4.70. The van der Waals surface area contributed by atoms with Gasteiger partial charge in [-0.15, -0.1) is 0 Å². The topological polar surface area (TPSA) is 74.1 Å². The average Bonchev–Trinajstić information content (AvgIpc) is 2.96. The number of hydrogen-bond donors (Lipinski definition) is 1. The van der Waals surface area contributed by atoms with E-state index in [1.165, 1.54) is 0 Å². The van der Waals surface area contributed by atoms with Crippen LogP contribution in [0.3, 0.4) is 0 Å². The smallest absolute Gasteiger partial charge is 0.213 e. The van der Waals surface area contributed by atoms with Gasteiger partial charge in [0, 0.05) is 25.8 Å². The molecule has 0 fully saturated rings. The van der Waals surface area contributed by atoms with Gasteiger partial charge in [0.25, 0.3) is 0 Å². The molecule has 22 heavy (non-hydrogen) atoms. The van der Waals surface area contributed by atoms with Crippen LogP contribution in [-0.2, 0) is 11.3 Å². The van der Waals surface area contributed by atoms with E-state index in [0.29, 0.717) is 12.5 Å². The second-order valence-electron chi connectivity index (χ2n) is 4.70. The van der Waals surface area contributed by atoms with Crippen molar-refractivity contribution in [3.63, 3.8) is 0 Å². The maximum Gasteiger partial charge on any atom is 0.213 e. The van der Waals surface area contributed by atoms with E-state index in [4.69, 9.17) is 9.47 Å². The van der Waals surface area contributed by atoms with Gasteiger partial charge in [0.05, 0.1) is 43.6 Å². The van der Waals surface area contributed by atoms with Crippen molar-refractivity contribution in [2.75, 3.05) is 26.1 Å². The predicted molar refractivity (Wildman–Crippen MR) is 83.5 cm³/mol. The van der Waals surface area contributed by atoms with Gasteiger partial charge in [0.1, 0.15) is 11.3 Å². The maximum atomic E-state index is 5.11. The van der Waals surface area contributed by atoms with Gasteiger partial charge < -0.3 is 19.4 Å². The first-order valence-corrected chi connectivity index (χ1v) is 6.87. The second kappa shape index (κ2) is 6.40. The molecule has 7 nitrogen and oxygen atoms in total. The number of methoxy groups -OCH3 is 2. The third-order valence-corrected chi connectivity index (χ3v) is 3.26. The van der Waals surface area contributed by atoms with Crippen LogP contribution in [0.25, 0.3) is 11.0 Å². The van der Waals surface area contributed by atoms with Gasteiger partial charge in [0.15, 0.2) is 0 Å². The summed E-state index contributed by atoms with van der Waals surface area (Å²) in [6.07, 6.45) is 5.24. The molecule has 0 spiro atoms. The first-order valence-electron chi connectivity index (χ1n) is 6.87. The van der Waals surface area contributed by atoms with E-state index in [1.54, 1.807) is 39.0 Å². The number of rotatable bonds is 6. The molecule has 114 valence electrons. The van der Waals surface area contributed by atoms with Crippen LogP contribution in [0.5, 0.6) is 5.88 Å². The van der Waals surface area contributed by atoms with Crippen molar-refractivity contribution < 1.29 is 9.47 Å². The third-order valence-electron chi connectivity index (χ3n) is 3.26. The Labute approximate surface area is 127 Å². The van der Waals surface area contributed by atoms with Crippen LogP contribution < -0.4 is 10.1 Å². The summed E-state index contributed by atoms with van der Waals surface area (Å²) in [4.78, 5) is 12.8. The zero-order valence-corrected chi connectivity index (χ0v) is 12.5. The molecule has 0 aliphatic heterocycles. The highest BCUT2D eigenvalue weighted by Crippen LogP contribution is 2.20. The zero-order valence-electron chi connectivity index (χ0n) is 12.5. The van der Waals surface area contributed by atoms with Crippen LogP contribution in [0, 0.1) is 0 Å². The van der Waals surface area contributed by atoms with E-state index in [0.717, 1.165) is 29.1 Å². The molecule has 0 unspecified atom stereocenters.